The van der Waals surface area contributed by atoms with Crippen LogP contribution < -0.4 is 4.90 Å². The van der Waals surface area contributed by atoms with Crippen molar-refractivity contribution in [2.75, 3.05) is 11.4 Å². The van der Waals surface area contributed by atoms with Crippen LogP contribution in [-0.4, -0.2) is 22.4 Å². The first-order valence-electron chi connectivity index (χ1n) is 4.45. The standard InChI is InChI=1S/C10H8ClN3O/c1-2-7-5-9(15)14(6-7)8-3-4-12-10(11)13-8/h1,3-4,7H,5-6H2. The van der Waals surface area contributed by atoms with Gasteiger partial charge in [-0.05, 0) is 17.7 Å². The molecule has 2 heterocycles. The molecule has 0 aliphatic carbocycles. The number of amides is 1. The molecule has 0 bridgehead atoms. The van der Waals surface area contributed by atoms with Gasteiger partial charge in [0, 0.05) is 25.1 Å². The molecule has 0 N–H and O–H groups in total. The number of nitrogens with zero attached hydrogens (tertiary/aromatic N) is 3. The third kappa shape index (κ3) is 1.92. The van der Waals surface area contributed by atoms with E-state index < -0.39 is 0 Å². The number of rotatable bonds is 1. The second kappa shape index (κ2) is 3.87. The van der Waals surface area contributed by atoms with Crippen molar-refractivity contribution in [2.24, 2.45) is 5.92 Å². The molecule has 1 unspecified atom stereocenters. The van der Waals surface area contributed by atoms with Gasteiger partial charge in [0.15, 0.2) is 0 Å². The number of hydrogen-bond donors (Lipinski definition) is 0. The van der Waals surface area contributed by atoms with Gasteiger partial charge in [-0.2, -0.15) is 0 Å². The van der Waals surface area contributed by atoms with Crippen molar-refractivity contribution in [1.29, 1.82) is 0 Å². The zero-order valence-electron chi connectivity index (χ0n) is 7.85. The van der Waals surface area contributed by atoms with Gasteiger partial charge in [-0.1, -0.05) is 0 Å². The summed E-state index contributed by atoms with van der Waals surface area (Å²) in [6.07, 6.45) is 7.17. The minimum absolute atomic E-state index is 0.0206. The molecule has 1 saturated heterocycles. The Hall–Kier alpha value is -1.60. The summed E-state index contributed by atoms with van der Waals surface area (Å²) in [5.74, 6) is 3.03. The van der Waals surface area contributed by atoms with Crippen molar-refractivity contribution in [3.8, 4) is 12.3 Å². The Labute approximate surface area is 92.3 Å². The summed E-state index contributed by atoms with van der Waals surface area (Å²) in [5, 5.41) is 0.129. The fourth-order valence-corrected chi connectivity index (χ4v) is 1.66. The van der Waals surface area contributed by atoms with Crippen LogP contribution in [0.15, 0.2) is 12.3 Å². The molecule has 0 radical (unpaired) electrons. The summed E-state index contributed by atoms with van der Waals surface area (Å²) in [7, 11) is 0. The molecular weight excluding hydrogens is 214 g/mol. The molecule has 1 amide bonds. The quantitative estimate of drug-likeness (QED) is 0.527. The minimum atomic E-state index is -0.0359. The van der Waals surface area contributed by atoms with Crippen molar-refractivity contribution in [1.82, 2.24) is 9.97 Å². The predicted molar refractivity (Wildman–Crippen MR) is 56.3 cm³/mol. The number of terminal acetylenes is 1. The Morgan fingerprint density at radius 1 is 1.67 bits per heavy atom. The maximum absolute atomic E-state index is 11.6. The Bertz CT molecular complexity index is 441. The van der Waals surface area contributed by atoms with Crippen LogP contribution >= 0.6 is 11.6 Å². The normalized spacial score (nSPS) is 20.4. The highest BCUT2D eigenvalue weighted by atomic mass is 35.5. The molecule has 1 aliphatic rings. The van der Waals surface area contributed by atoms with E-state index in [1.807, 2.05) is 0 Å². The van der Waals surface area contributed by atoms with Gasteiger partial charge >= 0.3 is 0 Å². The summed E-state index contributed by atoms with van der Waals surface area (Å²) in [4.78, 5) is 20.8. The molecule has 1 aromatic heterocycles. The largest absolute Gasteiger partial charge is 0.295 e. The van der Waals surface area contributed by atoms with Crippen LogP contribution in [0.25, 0.3) is 0 Å². The Morgan fingerprint density at radius 3 is 3.07 bits per heavy atom. The van der Waals surface area contributed by atoms with E-state index in [2.05, 4.69) is 15.9 Å². The smallest absolute Gasteiger partial charge is 0.229 e. The topological polar surface area (TPSA) is 46.1 Å². The van der Waals surface area contributed by atoms with E-state index in [4.69, 9.17) is 18.0 Å². The number of hydrogen-bond acceptors (Lipinski definition) is 3. The molecule has 1 atom stereocenters. The van der Waals surface area contributed by atoms with Gasteiger partial charge in [-0.25, -0.2) is 9.97 Å². The third-order valence-corrected chi connectivity index (χ3v) is 2.43. The van der Waals surface area contributed by atoms with Crippen LogP contribution in [0.2, 0.25) is 5.28 Å². The molecule has 4 nitrogen and oxygen atoms in total. The zero-order valence-corrected chi connectivity index (χ0v) is 8.61. The van der Waals surface area contributed by atoms with Crippen LogP contribution in [-0.2, 0) is 4.79 Å². The van der Waals surface area contributed by atoms with Gasteiger partial charge in [0.1, 0.15) is 5.82 Å². The van der Waals surface area contributed by atoms with Crippen LogP contribution in [0.5, 0.6) is 0 Å². The molecule has 5 heteroatoms. The van der Waals surface area contributed by atoms with E-state index in [0.29, 0.717) is 18.8 Å². The van der Waals surface area contributed by atoms with E-state index in [9.17, 15) is 4.79 Å². The lowest BCUT2D eigenvalue weighted by Crippen LogP contribution is -2.25. The molecule has 0 spiro atoms. The fraction of sp³-hybridized carbons (Fsp3) is 0.300. The molecule has 15 heavy (non-hydrogen) atoms. The second-order valence-corrected chi connectivity index (χ2v) is 3.59. The molecule has 1 fully saturated rings. The number of carbonyl (C=O) groups excluding carboxylic acids is 1. The highest BCUT2D eigenvalue weighted by Gasteiger charge is 2.30. The number of carbonyl (C=O) groups is 1. The average molecular weight is 222 g/mol. The van der Waals surface area contributed by atoms with E-state index in [1.54, 1.807) is 6.07 Å². The van der Waals surface area contributed by atoms with Gasteiger partial charge in [0.2, 0.25) is 11.2 Å². The first-order chi connectivity index (χ1) is 7.20. The Balaban J connectivity index is 2.26. The van der Waals surface area contributed by atoms with Gasteiger partial charge < -0.3 is 0 Å². The van der Waals surface area contributed by atoms with Crippen molar-refractivity contribution in [2.45, 2.75) is 6.42 Å². The second-order valence-electron chi connectivity index (χ2n) is 3.26. The minimum Gasteiger partial charge on any atom is -0.295 e. The molecule has 76 valence electrons. The van der Waals surface area contributed by atoms with Gasteiger partial charge in [0.05, 0.1) is 0 Å². The number of anilines is 1. The monoisotopic (exact) mass is 221 g/mol. The maximum Gasteiger partial charge on any atom is 0.229 e. The van der Waals surface area contributed by atoms with Crippen LogP contribution in [0.4, 0.5) is 5.82 Å². The van der Waals surface area contributed by atoms with E-state index >= 15 is 0 Å². The van der Waals surface area contributed by atoms with Crippen molar-refractivity contribution >= 4 is 23.3 Å². The van der Waals surface area contributed by atoms with Gasteiger partial charge in [0.25, 0.3) is 0 Å². The SMILES string of the molecule is C#CC1CC(=O)N(c2ccnc(Cl)n2)C1. The third-order valence-electron chi connectivity index (χ3n) is 2.25. The van der Waals surface area contributed by atoms with Gasteiger partial charge in [-0.3, -0.25) is 9.69 Å². The highest BCUT2D eigenvalue weighted by Crippen LogP contribution is 2.23. The Kier molecular flexibility index (Phi) is 2.57. The number of halogens is 1. The lowest BCUT2D eigenvalue weighted by Gasteiger charge is -2.13. The van der Waals surface area contributed by atoms with Crippen molar-refractivity contribution in [3.63, 3.8) is 0 Å². The fourth-order valence-electron chi connectivity index (χ4n) is 1.52. The summed E-state index contributed by atoms with van der Waals surface area (Å²) in [6.45, 7) is 0.503. The predicted octanol–water partition coefficient (Wildman–Crippen LogP) is 1.12. The molecule has 2 rings (SSSR count). The molecule has 1 aliphatic heterocycles. The molecule has 0 saturated carbocycles. The summed E-state index contributed by atoms with van der Waals surface area (Å²) in [6, 6.07) is 1.64. The Morgan fingerprint density at radius 2 is 2.47 bits per heavy atom. The van der Waals surface area contributed by atoms with Crippen molar-refractivity contribution in [3.05, 3.63) is 17.5 Å². The number of aromatic nitrogens is 2. The van der Waals surface area contributed by atoms with Crippen LogP contribution in [0, 0.1) is 18.3 Å². The molecule has 1 aromatic rings. The molecular formula is C10H8ClN3O. The van der Waals surface area contributed by atoms with E-state index in [-0.39, 0.29) is 17.1 Å². The van der Waals surface area contributed by atoms with Crippen LogP contribution in [0.3, 0.4) is 0 Å². The lowest BCUT2D eigenvalue weighted by atomic mass is 10.1. The zero-order chi connectivity index (χ0) is 10.8. The average Bonchev–Trinajstić information content (AvgIpc) is 2.60. The van der Waals surface area contributed by atoms with Gasteiger partial charge in [-0.15, -0.1) is 12.3 Å². The van der Waals surface area contributed by atoms with E-state index in [1.165, 1.54) is 11.1 Å². The first-order valence-corrected chi connectivity index (χ1v) is 4.83. The molecule has 0 aromatic carbocycles. The summed E-state index contributed by atoms with van der Waals surface area (Å²) < 4.78 is 0. The summed E-state index contributed by atoms with van der Waals surface area (Å²) in [5.41, 5.74) is 0. The first kappa shape index (κ1) is 9.94. The summed E-state index contributed by atoms with van der Waals surface area (Å²) >= 11 is 5.64. The maximum atomic E-state index is 11.6. The van der Waals surface area contributed by atoms with Crippen molar-refractivity contribution < 1.29 is 4.79 Å². The van der Waals surface area contributed by atoms with E-state index in [0.717, 1.165) is 0 Å². The highest BCUT2D eigenvalue weighted by molar-refractivity contribution is 6.28. The lowest BCUT2D eigenvalue weighted by molar-refractivity contribution is -0.117. The van der Waals surface area contributed by atoms with Crippen LogP contribution in [0.1, 0.15) is 6.42 Å².